The number of methoxy groups -OCH3 is 2. The van der Waals surface area contributed by atoms with Crippen molar-refractivity contribution in [2.45, 2.75) is 117 Å². The number of carbonyl (C=O) groups is 3. The van der Waals surface area contributed by atoms with Crippen LogP contribution in [-0.4, -0.2) is 67.2 Å². The number of nitrogens with one attached hydrogen (secondary N) is 1. The predicted molar refractivity (Wildman–Crippen MR) is 162 cm³/mol. The lowest BCUT2D eigenvalue weighted by Crippen LogP contribution is -2.52. The highest BCUT2D eigenvalue weighted by atomic mass is 32.2. The standard InChI is InChI=1S/C31H56N2O5S/c1-23(2)12-8-13-24(3)14-9-15-25(4)16-10-17-26(5)19-21-39-22-27(29(34)37-6)32-31(36)33-20-11-18-28(33)30(35)38-7/h19,23-25,27-28H,8-18,20-22H2,1-7H3,(H,32,36)/b26-19+/t24?,25?,27-,28?/m0/s1. The second kappa shape index (κ2) is 20.2. The van der Waals surface area contributed by atoms with Gasteiger partial charge < -0.3 is 19.7 Å². The Balaban J connectivity index is 2.31. The zero-order chi connectivity index (χ0) is 29.2. The van der Waals surface area contributed by atoms with Gasteiger partial charge in [0.1, 0.15) is 12.1 Å². The van der Waals surface area contributed by atoms with Gasteiger partial charge in [-0.1, -0.05) is 84.3 Å². The maximum absolute atomic E-state index is 12.8. The van der Waals surface area contributed by atoms with Crippen LogP contribution in [0.3, 0.4) is 0 Å². The number of thioether (sulfide) groups is 1. The van der Waals surface area contributed by atoms with Gasteiger partial charge in [0, 0.05) is 18.1 Å². The van der Waals surface area contributed by atoms with Crippen LogP contribution in [0.15, 0.2) is 11.6 Å². The van der Waals surface area contributed by atoms with Crippen LogP contribution in [0.1, 0.15) is 105 Å². The largest absolute Gasteiger partial charge is 0.467 e. The lowest BCUT2D eigenvalue weighted by molar-refractivity contribution is -0.144. The normalized spacial score (nSPS) is 18.1. The van der Waals surface area contributed by atoms with Crippen LogP contribution in [0.2, 0.25) is 0 Å². The van der Waals surface area contributed by atoms with Crippen LogP contribution >= 0.6 is 11.8 Å². The Bertz CT molecular complexity index is 757. The summed E-state index contributed by atoms with van der Waals surface area (Å²) in [5.41, 5.74) is 1.37. The quantitative estimate of drug-likeness (QED) is 0.103. The van der Waals surface area contributed by atoms with Gasteiger partial charge >= 0.3 is 18.0 Å². The first-order chi connectivity index (χ1) is 18.6. The summed E-state index contributed by atoms with van der Waals surface area (Å²) in [4.78, 5) is 38.5. The molecule has 2 amide bonds. The number of hydrogen-bond acceptors (Lipinski definition) is 6. The Morgan fingerprint density at radius 2 is 1.56 bits per heavy atom. The molecule has 0 spiro atoms. The Morgan fingerprint density at radius 3 is 2.15 bits per heavy atom. The van der Waals surface area contributed by atoms with Gasteiger partial charge in [-0.15, -0.1) is 0 Å². The van der Waals surface area contributed by atoms with E-state index in [9.17, 15) is 14.4 Å². The molecule has 3 unspecified atom stereocenters. The van der Waals surface area contributed by atoms with Crippen LogP contribution < -0.4 is 5.32 Å². The number of allylic oxidation sites excluding steroid dienone is 1. The molecule has 1 N–H and O–H groups in total. The third kappa shape index (κ3) is 15.0. The Morgan fingerprint density at radius 1 is 0.949 bits per heavy atom. The SMILES string of the molecule is COC(=O)C1CCCN1C(=O)N[C@@H](CSC/C=C(\C)CCCC(C)CCCC(C)CCCC(C)C)C(=O)OC. The summed E-state index contributed by atoms with van der Waals surface area (Å²) in [6.45, 7) is 12.0. The average Bonchev–Trinajstić information content (AvgIpc) is 3.39. The highest BCUT2D eigenvalue weighted by molar-refractivity contribution is 7.99. The van der Waals surface area contributed by atoms with Crippen LogP contribution in [0, 0.1) is 17.8 Å². The molecule has 0 bridgehead atoms. The summed E-state index contributed by atoms with van der Waals surface area (Å²) < 4.78 is 9.71. The lowest BCUT2D eigenvalue weighted by atomic mass is 9.91. The Kier molecular flexibility index (Phi) is 18.3. The molecule has 1 rings (SSSR count). The molecule has 39 heavy (non-hydrogen) atoms. The monoisotopic (exact) mass is 568 g/mol. The fraction of sp³-hybridized carbons (Fsp3) is 0.839. The third-order valence-corrected chi connectivity index (χ3v) is 8.72. The molecule has 0 radical (unpaired) electrons. The summed E-state index contributed by atoms with van der Waals surface area (Å²) in [6.07, 6.45) is 15.2. The summed E-state index contributed by atoms with van der Waals surface area (Å²) in [7, 11) is 2.64. The highest BCUT2D eigenvalue weighted by Crippen LogP contribution is 2.22. The van der Waals surface area contributed by atoms with E-state index in [1.165, 1.54) is 76.1 Å². The first-order valence-electron chi connectivity index (χ1n) is 15.0. The van der Waals surface area contributed by atoms with Crippen molar-refractivity contribution in [1.29, 1.82) is 0 Å². The summed E-state index contributed by atoms with van der Waals surface area (Å²) in [5.74, 6) is 2.71. The van der Waals surface area contributed by atoms with E-state index in [0.717, 1.165) is 36.3 Å². The predicted octanol–water partition coefficient (Wildman–Crippen LogP) is 6.99. The van der Waals surface area contributed by atoms with Crippen molar-refractivity contribution in [2.75, 3.05) is 32.3 Å². The van der Waals surface area contributed by atoms with Crippen LogP contribution in [0.4, 0.5) is 4.79 Å². The van der Waals surface area contributed by atoms with E-state index in [1.807, 2.05) is 0 Å². The molecular formula is C31H56N2O5S. The number of carbonyl (C=O) groups excluding carboxylic acids is 3. The minimum absolute atomic E-state index is 0.409. The van der Waals surface area contributed by atoms with Gasteiger partial charge in [-0.05, 0) is 50.4 Å². The number of hydrogen-bond donors (Lipinski definition) is 1. The number of nitrogens with zero attached hydrogens (tertiary/aromatic N) is 1. The van der Waals surface area contributed by atoms with Crippen molar-refractivity contribution in [3.8, 4) is 0 Å². The number of esters is 2. The molecule has 4 atom stereocenters. The van der Waals surface area contributed by atoms with Gasteiger partial charge in [0.2, 0.25) is 0 Å². The topological polar surface area (TPSA) is 84.9 Å². The minimum atomic E-state index is -0.765. The van der Waals surface area contributed by atoms with Gasteiger partial charge in [0.15, 0.2) is 0 Å². The number of ether oxygens (including phenoxy) is 2. The van der Waals surface area contributed by atoms with Crippen molar-refractivity contribution >= 4 is 29.7 Å². The maximum Gasteiger partial charge on any atom is 0.329 e. The van der Waals surface area contributed by atoms with Crippen molar-refractivity contribution in [2.24, 2.45) is 17.8 Å². The molecule has 1 heterocycles. The molecule has 1 aliphatic heterocycles. The molecule has 1 fully saturated rings. The van der Waals surface area contributed by atoms with Crippen molar-refractivity contribution in [3.05, 3.63) is 11.6 Å². The first kappa shape index (κ1) is 35.3. The van der Waals surface area contributed by atoms with Gasteiger partial charge in [0.05, 0.1) is 14.2 Å². The zero-order valence-electron chi connectivity index (χ0n) is 25.8. The second-order valence-corrected chi connectivity index (χ2v) is 12.9. The van der Waals surface area contributed by atoms with Crippen LogP contribution in [0.25, 0.3) is 0 Å². The van der Waals surface area contributed by atoms with Crippen molar-refractivity contribution in [1.82, 2.24) is 10.2 Å². The molecule has 1 aliphatic rings. The summed E-state index contributed by atoms with van der Waals surface area (Å²) >= 11 is 1.59. The third-order valence-electron chi connectivity index (χ3n) is 7.74. The fourth-order valence-corrected chi connectivity index (χ4v) is 6.12. The summed E-state index contributed by atoms with van der Waals surface area (Å²) in [6, 6.07) is -1.79. The molecule has 0 aliphatic carbocycles. The number of likely N-dealkylation sites (tertiary alicyclic amines) is 1. The van der Waals surface area contributed by atoms with Crippen LogP contribution in [-0.2, 0) is 19.1 Å². The molecule has 226 valence electrons. The molecule has 0 aromatic heterocycles. The Labute approximate surface area is 242 Å². The Hall–Kier alpha value is -1.70. The lowest BCUT2D eigenvalue weighted by Gasteiger charge is -2.25. The molecule has 1 saturated heterocycles. The molecular weight excluding hydrogens is 512 g/mol. The number of amides is 2. The maximum atomic E-state index is 12.8. The van der Waals surface area contributed by atoms with E-state index in [4.69, 9.17) is 9.47 Å². The average molecular weight is 569 g/mol. The highest BCUT2D eigenvalue weighted by Gasteiger charge is 2.36. The van der Waals surface area contributed by atoms with Gasteiger partial charge in [-0.2, -0.15) is 11.8 Å². The first-order valence-corrected chi connectivity index (χ1v) is 16.2. The molecule has 0 aromatic rings. The van der Waals surface area contributed by atoms with Crippen LogP contribution in [0.5, 0.6) is 0 Å². The van der Waals surface area contributed by atoms with Gasteiger partial charge in [-0.3, -0.25) is 0 Å². The van der Waals surface area contributed by atoms with Crippen molar-refractivity contribution < 1.29 is 23.9 Å². The van der Waals surface area contributed by atoms with E-state index < -0.39 is 30.1 Å². The molecule has 8 heteroatoms. The number of urea groups is 1. The second-order valence-electron chi connectivity index (χ2n) is 11.8. The summed E-state index contributed by atoms with van der Waals surface area (Å²) in [5, 5.41) is 2.75. The minimum Gasteiger partial charge on any atom is -0.467 e. The molecule has 0 saturated carbocycles. The van der Waals surface area contributed by atoms with E-state index in [-0.39, 0.29) is 0 Å². The molecule has 0 aromatic carbocycles. The van der Waals surface area contributed by atoms with E-state index in [0.29, 0.717) is 18.7 Å². The van der Waals surface area contributed by atoms with Crippen molar-refractivity contribution in [3.63, 3.8) is 0 Å². The fourth-order valence-electron chi connectivity index (χ4n) is 5.13. The number of rotatable bonds is 19. The van der Waals surface area contributed by atoms with Gasteiger partial charge in [-0.25, -0.2) is 14.4 Å². The molecule has 7 nitrogen and oxygen atoms in total. The van der Waals surface area contributed by atoms with E-state index >= 15 is 0 Å². The zero-order valence-corrected chi connectivity index (χ0v) is 26.6. The smallest absolute Gasteiger partial charge is 0.329 e. The van der Waals surface area contributed by atoms with E-state index in [1.54, 1.807) is 11.8 Å². The van der Waals surface area contributed by atoms with Gasteiger partial charge in [0.25, 0.3) is 0 Å². The van der Waals surface area contributed by atoms with E-state index in [2.05, 4.69) is 46.0 Å².